The summed E-state index contributed by atoms with van der Waals surface area (Å²) in [7, 11) is 1.48. The fourth-order valence-corrected chi connectivity index (χ4v) is 2.20. The van der Waals surface area contributed by atoms with Gasteiger partial charge in [-0.25, -0.2) is 4.79 Å². The Labute approximate surface area is 108 Å². The first-order valence-electron chi connectivity index (χ1n) is 5.83. The van der Waals surface area contributed by atoms with E-state index in [9.17, 15) is 19.8 Å². The van der Waals surface area contributed by atoms with E-state index in [1.54, 1.807) is 0 Å². The number of nitrogens with one attached hydrogen (secondary N) is 1. The number of aromatic amines is 1. The fraction of sp³-hybridized carbons (Fsp3) is 0.636. The lowest BCUT2D eigenvalue weighted by atomic mass is 9.99. The normalized spacial score (nSPS) is 30.7. The van der Waals surface area contributed by atoms with Gasteiger partial charge in [0.2, 0.25) is 0 Å². The van der Waals surface area contributed by atoms with Crippen LogP contribution in [0.1, 0.15) is 6.23 Å². The molecular weight excluding hydrogens is 256 g/mol. The number of hydrogen-bond acceptors (Lipinski definition) is 6. The van der Waals surface area contributed by atoms with Crippen molar-refractivity contribution in [3.63, 3.8) is 0 Å². The van der Waals surface area contributed by atoms with Crippen molar-refractivity contribution < 1.29 is 19.7 Å². The Morgan fingerprint density at radius 2 is 2.26 bits per heavy atom. The molecular formula is C11H16N2O6. The minimum absolute atomic E-state index is 0.191. The van der Waals surface area contributed by atoms with E-state index in [2.05, 4.69) is 4.98 Å². The van der Waals surface area contributed by atoms with Crippen LogP contribution in [0.4, 0.5) is 0 Å². The topological polar surface area (TPSA) is 114 Å². The van der Waals surface area contributed by atoms with Crippen LogP contribution < -0.4 is 11.2 Å². The van der Waals surface area contributed by atoms with E-state index in [0.717, 1.165) is 10.6 Å². The van der Waals surface area contributed by atoms with Gasteiger partial charge in [0, 0.05) is 25.3 Å². The summed E-state index contributed by atoms with van der Waals surface area (Å²) in [6.45, 7) is -0.0965. The maximum Gasteiger partial charge on any atom is 0.330 e. The van der Waals surface area contributed by atoms with Gasteiger partial charge < -0.3 is 19.7 Å². The van der Waals surface area contributed by atoms with Gasteiger partial charge in [-0.3, -0.25) is 14.3 Å². The van der Waals surface area contributed by atoms with Crippen LogP contribution in [0.3, 0.4) is 0 Å². The number of methoxy groups -OCH3 is 1. The van der Waals surface area contributed by atoms with E-state index in [-0.39, 0.29) is 13.2 Å². The molecule has 2 heterocycles. The van der Waals surface area contributed by atoms with Crippen LogP contribution in [-0.4, -0.2) is 52.3 Å². The number of ether oxygens (including phenoxy) is 2. The van der Waals surface area contributed by atoms with Crippen LogP contribution in [0.15, 0.2) is 21.9 Å². The Hall–Kier alpha value is -1.48. The molecule has 1 saturated heterocycles. The van der Waals surface area contributed by atoms with Gasteiger partial charge in [0.1, 0.15) is 6.10 Å². The Morgan fingerprint density at radius 1 is 1.53 bits per heavy atom. The number of hydrogen-bond donors (Lipinski definition) is 3. The second-order valence-electron chi connectivity index (χ2n) is 4.37. The number of rotatable bonds is 4. The zero-order valence-electron chi connectivity index (χ0n) is 10.4. The fourth-order valence-electron chi connectivity index (χ4n) is 2.20. The van der Waals surface area contributed by atoms with Gasteiger partial charge in [-0.1, -0.05) is 0 Å². The molecule has 0 amide bonds. The van der Waals surface area contributed by atoms with E-state index < -0.39 is 35.6 Å². The minimum atomic E-state index is -1.06. The number of H-pyrrole nitrogens is 1. The maximum absolute atomic E-state index is 11.7. The molecule has 0 radical (unpaired) electrons. The second kappa shape index (κ2) is 5.66. The Bertz CT molecular complexity index is 538. The number of aromatic nitrogens is 2. The summed E-state index contributed by atoms with van der Waals surface area (Å²) in [4.78, 5) is 24.7. The summed E-state index contributed by atoms with van der Waals surface area (Å²) < 4.78 is 11.6. The predicted octanol–water partition coefficient (Wildman–Crippen LogP) is -1.95. The molecule has 0 unspecified atom stereocenters. The standard InChI is InChI=1S/C11H16N2O6/c1-18-5-7-6(4-14)9(16)10(19-7)13-3-2-8(15)12-11(13)17/h2-3,6-7,9-10,14,16H,4-5H2,1H3,(H,12,15,17)/t6-,7-,9-,10-/m1/s1. The highest BCUT2D eigenvalue weighted by Gasteiger charge is 2.44. The first-order valence-corrected chi connectivity index (χ1v) is 5.83. The molecule has 1 aromatic rings. The maximum atomic E-state index is 11.7. The molecule has 8 nitrogen and oxygen atoms in total. The van der Waals surface area contributed by atoms with Crippen molar-refractivity contribution >= 4 is 0 Å². The highest BCUT2D eigenvalue weighted by atomic mass is 16.6. The van der Waals surface area contributed by atoms with E-state index in [1.165, 1.54) is 13.3 Å². The van der Waals surface area contributed by atoms with Gasteiger partial charge in [0.05, 0.1) is 19.3 Å². The summed E-state index contributed by atoms with van der Waals surface area (Å²) in [6.07, 6.45) is -1.29. The Morgan fingerprint density at radius 3 is 2.84 bits per heavy atom. The molecule has 106 valence electrons. The molecule has 0 bridgehead atoms. The molecule has 8 heteroatoms. The van der Waals surface area contributed by atoms with Gasteiger partial charge >= 0.3 is 5.69 Å². The zero-order valence-corrected chi connectivity index (χ0v) is 10.4. The molecule has 2 rings (SSSR count). The molecule has 1 aliphatic rings. The first kappa shape index (κ1) is 13.9. The number of aliphatic hydroxyl groups excluding tert-OH is 2. The van der Waals surface area contributed by atoms with E-state index in [4.69, 9.17) is 9.47 Å². The molecule has 1 fully saturated rings. The second-order valence-corrected chi connectivity index (χ2v) is 4.37. The molecule has 19 heavy (non-hydrogen) atoms. The largest absolute Gasteiger partial charge is 0.396 e. The van der Waals surface area contributed by atoms with Crippen molar-refractivity contribution in [1.29, 1.82) is 0 Å². The summed E-state index contributed by atoms with van der Waals surface area (Å²) in [5, 5.41) is 19.4. The third kappa shape index (κ3) is 2.61. The smallest absolute Gasteiger partial charge is 0.330 e. The summed E-state index contributed by atoms with van der Waals surface area (Å²) >= 11 is 0. The van der Waals surface area contributed by atoms with Gasteiger partial charge in [0.15, 0.2) is 6.23 Å². The van der Waals surface area contributed by atoms with Crippen molar-refractivity contribution in [2.75, 3.05) is 20.3 Å². The van der Waals surface area contributed by atoms with Gasteiger partial charge in [-0.05, 0) is 0 Å². The third-order valence-corrected chi connectivity index (χ3v) is 3.19. The van der Waals surface area contributed by atoms with Gasteiger partial charge in [-0.15, -0.1) is 0 Å². The van der Waals surface area contributed by atoms with Crippen LogP contribution in [0.2, 0.25) is 0 Å². The molecule has 3 N–H and O–H groups in total. The van der Waals surface area contributed by atoms with Crippen molar-refractivity contribution in [2.24, 2.45) is 5.92 Å². The predicted molar refractivity (Wildman–Crippen MR) is 63.7 cm³/mol. The molecule has 0 saturated carbocycles. The Balaban J connectivity index is 2.30. The zero-order chi connectivity index (χ0) is 14.0. The highest BCUT2D eigenvalue weighted by molar-refractivity contribution is 4.92. The SMILES string of the molecule is COC[C@H]1O[C@@H](n2ccc(=O)[nH]c2=O)[C@H](O)[C@@H]1CO. The third-order valence-electron chi connectivity index (χ3n) is 3.19. The first-order chi connectivity index (χ1) is 9.08. The summed E-state index contributed by atoms with van der Waals surface area (Å²) in [5.41, 5.74) is -1.20. The average molecular weight is 272 g/mol. The van der Waals surface area contributed by atoms with Crippen molar-refractivity contribution in [3.05, 3.63) is 33.1 Å². The van der Waals surface area contributed by atoms with Crippen LogP contribution >= 0.6 is 0 Å². The lowest BCUT2D eigenvalue weighted by molar-refractivity contribution is -0.0596. The molecule has 4 atom stereocenters. The van der Waals surface area contributed by atoms with E-state index >= 15 is 0 Å². The summed E-state index contributed by atoms with van der Waals surface area (Å²) in [5.74, 6) is -0.552. The Kier molecular flexibility index (Phi) is 4.15. The van der Waals surface area contributed by atoms with Crippen LogP contribution in [0, 0.1) is 5.92 Å². The van der Waals surface area contributed by atoms with E-state index in [1.807, 2.05) is 0 Å². The van der Waals surface area contributed by atoms with Gasteiger partial charge in [0.25, 0.3) is 5.56 Å². The van der Waals surface area contributed by atoms with Crippen LogP contribution in [-0.2, 0) is 9.47 Å². The average Bonchev–Trinajstić information content (AvgIpc) is 2.66. The van der Waals surface area contributed by atoms with Crippen molar-refractivity contribution in [1.82, 2.24) is 9.55 Å². The van der Waals surface area contributed by atoms with Crippen LogP contribution in [0.25, 0.3) is 0 Å². The summed E-state index contributed by atoms with van der Waals surface area (Å²) in [6, 6.07) is 1.16. The minimum Gasteiger partial charge on any atom is -0.396 e. The molecule has 0 aromatic carbocycles. The van der Waals surface area contributed by atoms with Gasteiger partial charge in [-0.2, -0.15) is 0 Å². The molecule has 0 spiro atoms. The highest BCUT2D eigenvalue weighted by Crippen LogP contribution is 2.32. The van der Waals surface area contributed by atoms with E-state index in [0.29, 0.717) is 0 Å². The number of aliphatic hydroxyl groups is 2. The van der Waals surface area contributed by atoms with Crippen molar-refractivity contribution in [3.8, 4) is 0 Å². The van der Waals surface area contributed by atoms with Crippen molar-refractivity contribution in [2.45, 2.75) is 18.4 Å². The molecule has 0 aliphatic carbocycles. The van der Waals surface area contributed by atoms with Crippen LogP contribution in [0.5, 0.6) is 0 Å². The lowest BCUT2D eigenvalue weighted by Gasteiger charge is -2.17. The molecule has 1 aliphatic heterocycles. The lowest BCUT2D eigenvalue weighted by Crippen LogP contribution is -2.36. The quantitative estimate of drug-likeness (QED) is 0.587. The number of nitrogens with zero attached hydrogens (tertiary/aromatic N) is 1. The monoisotopic (exact) mass is 272 g/mol. The molecule has 1 aromatic heterocycles.